The van der Waals surface area contributed by atoms with E-state index >= 15 is 0 Å². The SMILES string of the molecule is CCC(c1cc(OC)c(OCc2ccccc2)c(OC)c1)N1CCCC1C(=O)O. The molecule has 1 heterocycles. The van der Waals surface area contributed by atoms with E-state index in [9.17, 15) is 9.90 Å². The Balaban J connectivity index is 1.90. The van der Waals surface area contributed by atoms with E-state index in [2.05, 4.69) is 11.8 Å². The molecule has 6 nitrogen and oxygen atoms in total. The van der Waals surface area contributed by atoms with E-state index in [0.717, 1.165) is 30.5 Å². The molecule has 1 N–H and O–H groups in total. The van der Waals surface area contributed by atoms with E-state index in [1.807, 2.05) is 42.5 Å². The highest BCUT2D eigenvalue weighted by Gasteiger charge is 2.36. The van der Waals surface area contributed by atoms with Crippen LogP contribution in [0.4, 0.5) is 0 Å². The zero-order valence-electron chi connectivity index (χ0n) is 17.3. The van der Waals surface area contributed by atoms with Crippen molar-refractivity contribution in [1.29, 1.82) is 0 Å². The summed E-state index contributed by atoms with van der Waals surface area (Å²) < 4.78 is 17.2. The lowest BCUT2D eigenvalue weighted by Crippen LogP contribution is -2.38. The van der Waals surface area contributed by atoms with Gasteiger partial charge in [0.05, 0.1) is 14.2 Å². The fraction of sp³-hybridized carbons (Fsp3) is 0.435. The van der Waals surface area contributed by atoms with Crippen LogP contribution in [0.15, 0.2) is 42.5 Å². The molecule has 6 heteroatoms. The van der Waals surface area contributed by atoms with E-state index in [0.29, 0.717) is 30.3 Å². The number of nitrogens with zero attached hydrogens (tertiary/aromatic N) is 1. The van der Waals surface area contributed by atoms with E-state index < -0.39 is 12.0 Å². The third-order valence-corrected chi connectivity index (χ3v) is 5.46. The molecule has 0 aliphatic carbocycles. The number of hydrogen-bond donors (Lipinski definition) is 1. The molecular formula is C23H29NO5. The molecule has 0 spiro atoms. The zero-order chi connectivity index (χ0) is 20.8. The summed E-state index contributed by atoms with van der Waals surface area (Å²) in [5.74, 6) is 0.955. The number of hydrogen-bond acceptors (Lipinski definition) is 5. The second kappa shape index (κ2) is 9.65. The summed E-state index contributed by atoms with van der Waals surface area (Å²) >= 11 is 0. The summed E-state index contributed by atoms with van der Waals surface area (Å²) in [4.78, 5) is 13.7. The Kier molecular flexibility index (Phi) is 6.99. The van der Waals surface area contributed by atoms with Gasteiger partial charge in [-0.2, -0.15) is 0 Å². The minimum atomic E-state index is -0.761. The molecule has 2 aromatic rings. The highest BCUT2D eigenvalue weighted by atomic mass is 16.5. The average molecular weight is 399 g/mol. The number of aliphatic carboxylic acids is 1. The Morgan fingerprint density at radius 3 is 2.38 bits per heavy atom. The van der Waals surface area contributed by atoms with Crippen LogP contribution in [0.1, 0.15) is 43.4 Å². The third kappa shape index (κ3) is 4.65. The number of carbonyl (C=O) groups is 1. The van der Waals surface area contributed by atoms with Crippen molar-refractivity contribution in [2.45, 2.75) is 44.9 Å². The van der Waals surface area contributed by atoms with Crippen molar-refractivity contribution < 1.29 is 24.1 Å². The highest BCUT2D eigenvalue weighted by Crippen LogP contribution is 2.43. The monoisotopic (exact) mass is 399 g/mol. The number of methoxy groups -OCH3 is 2. The van der Waals surface area contributed by atoms with Crippen LogP contribution in [-0.4, -0.2) is 42.8 Å². The van der Waals surface area contributed by atoms with Crippen LogP contribution < -0.4 is 14.2 Å². The van der Waals surface area contributed by atoms with Gasteiger partial charge in [0.2, 0.25) is 5.75 Å². The summed E-state index contributed by atoms with van der Waals surface area (Å²) in [6.07, 6.45) is 2.36. The average Bonchev–Trinajstić information content (AvgIpc) is 3.23. The van der Waals surface area contributed by atoms with Gasteiger partial charge in [-0.1, -0.05) is 37.3 Å². The summed E-state index contributed by atoms with van der Waals surface area (Å²) in [5, 5.41) is 9.59. The van der Waals surface area contributed by atoms with Crippen molar-refractivity contribution in [3.8, 4) is 17.2 Å². The van der Waals surface area contributed by atoms with Crippen molar-refractivity contribution in [3.05, 3.63) is 53.6 Å². The molecule has 0 amide bonds. The molecule has 0 aromatic heterocycles. The van der Waals surface area contributed by atoms with Crippen LogP contribution in [-0.2, 0) is 11.4 Å². The Hall–Kier alpha value is -2.73. The van der Waals surface area contributed by atoms with Crippen molar-refractivity contribution in [3.63, 3.8) is 0 Å². The molecule has 1 aliphatic heterocycles. The lowest BCUT2D eigenvalue weighted by Gasteiger charge is -2.31. The van der Waals surface area contributed by atoms with Crippen LogP contribution in [0, 0.1) is 0 Å². The molecule has 1 fully saturated rings. The number of likely N-dealkylation sites (tertiary alicyclic amines) is 1. The fourth-order valence-electron chi connectivity index (χ4n) is 4.05. The molecule has 3 rings (SSSR count). The smallest absolute Gasteiger partial charge is 0.320 e. The lowest BCUT2D eigenvalue weighted by molar-refractivity contribution is -0.143. The largest absolute Gasteiger partial charge is 0.493 e. The molecule has 29 heavy (non-hydrogen) atoms. The predicted octanol–water partition coefficient (Wildman–Crippen LogP) is 4.28. The topological polar surface area (TPSA) is 68.2 Å². The van der Waals surface area contributed by atoms with Crippen molar-refractivity contribution in [1.82, 2.24) is 4.90 Å². The quantitative estimate of drug-likeness (QED) is 0.679. The maximum absolute atomic E-state index is 11.7. The molecule has 2 atom stereocenters. The number of carboxylic acids is 1. The van der Waals surface area contributed by atoms with Gasteiger partial charge in [0, 0.05) is 6.04 Å². The summed E-state index contributed by atoms with van der Waals surface area (Å²) in [6, 6.07) is 13.3. The van der Waals surface area contributed by atoms with E-state index in [-0.39, 0.29) is 6.04 Å². The summed E-state index contributed by atoms with van der Waals surface area (Å²) in [7, 11) is 3.20. The van der Waals surface area contributed by atoms with Crippen LogP contribution in [0.3, 0.4) is 0 Å². The molecule has 156 valence electrons. The molecular weight excluding hydrogens is 370 g/mol. The molecule has 0 saturated carbocycles. The first-order valence-corrected chi connectivity index (χ1v) is 10.00. The van der Waals surface area contributed by atoms with Gasteiger partial charge >= 0.3 is 5.97 Å². The standard InChI is InChI=1S/C23H29NO5/c1-4-18(24-12-8-11-19(24)23(25)26)17-13-20(27-2)22(21(14-17)28-3)29-15-16-9-6-5-7-10-16/h5-7,9-10,13-14,18-19H,4,8,11-12,15H2,1-3H3,(H,25,26). The maximum Gasteiger partial charge on any atom is 0.320 e. The predicted molar refractivity (Wildman–Crippen MR) is 111 cm³/mol. The Morgan fingerprint density at radius 1 is 1.17 bits per heavy atom. The molecule has 0 bridgehead atoms. The summed E-state index contributed by atoms with van der Waals surface area (Å²) in [5.41, 5.74) is 2.02. The van der Waals surface area contributed by atoms with Gasteiger partial charge in [0.25, 0.3) is 0 Å². The van der Waals surface area contributed by atoms with Gasteiger partial charge in [-0.25, -0.2) is 0 Å². The van der Waals surface area contributed by atoms with Gasteiger partial charge < -0.3 is 19.3 Å². The Bertz CT molecular complexity index is 798. The van der Waals surface area contributed by atoms with Crippen molar-refractivity contribution in [2.75, 3.05) is 20.8 Å². The van der Waals surface area contributed by atoms with E-state index in [4.69, 9.17) is 14.2 Å². The first kappa shape index (κ1) is 21.0. The third-order valence-electron chi connectivity index (χ3n) is 5.46. The van der Waals surface area contributed by atoms with Gasteiger partial charge in [0.15, 0.2) is 11.5 Å². The van der Waals surface area contributed by atoms with Gasteiger partial charge in [-0.15, -0.1) is 0 Å². The van der Waals surface area contributed by atoms with Gasteiger partial charge in [0.1, 0.15) is 12.6 Å². The number of rotatable bonds is 9. The molecule has 1 saturated heterocycles. The molecule has 2 aromatic carbocycles. The minimum Gasteiger partial charge on any atom is -0.493 e. The number of benzene rings is 2. The second-order valence-electron chi connectivity index (χ2n) is 7.19. The first-order chi connectivity index (χ1) is 14.1. The van der Waals surface area contributed by atoms with Gasteiger partial charge in [-0.05, 0) is 49.1 Å². The van der Waals surface area contributed by atoms with Crippen LogP contribution in [0.25, 0.3) is 0 Å². The maximum atomic E-state index is 11.7. The second-order valence-corrected chi connectivity index (χ2v) is 7.19. The van der Waals surface area contributed by atoms with E-state index in [1.54, 1.807) is 14.2 Å². The fourth-order valence-corrected chi connectivity index (χ4v) is 4.05. The number of ether oxygens (including phenoxy) is 3. The molecule has 2 unspecified atom stereocenters. The van der Waals surface area contributed by atoms with E-state index in [1.165, 1.54) is 0 Å². The minimum absolute atomic E-state index is 0.0235. The Morgan fingerprint density at radius 2 is 1.83 bits per heavy atom. The Labute approximate surface area is 172 Å². The van der Waals surface area contributed by atoms with Crippen LogP contribution in [0.5, 0.6) is 17.2 Å². The van der Waals surface area contributed by atoms with Crippen LogP contribution in [0.2, 0.25) is 0 Å². The normalized spacial score (nSPS) is 17.7. The van der Waals surface area contributed by atoms with Crippen LogP contribution >= 0.6 is 0 Å². The van der Waals surface area contributed by atoms with Crippen molar-refractivity contribution >= 4 is 5.97 Å². The zero-order valence-corrected chi connectivity index (χ0v) is 17.3. The summed E-state index contributed by atoms with van der Waals surface area (Å²) in [6.45, 7) is 3.24. The first-order valence-electron chi connectivity index (χ1n) is 10.00. The molecule has 0 radical (unpaired) electrons. The highest BCUT2D eigenvalue weighted by molar-refractivity contribution is 5.74. The van der Waals surface area contributed by atoms with Gasteiger partial charge in [-0.3, -0.25) is 9.69 Å². The number of carboxylic acid groups (broad SMARTS) is 1. The molecule has 1 aliphatic rings. The lowest BCUT2D eigenvalue weighted by atomic mass is 10.0. The van der Waals surface area contributed by atoms with Crippen molar-refractivity contribution in [2.24, 2.45) is 0 Å².